The smallest absolute Gasteiger partial charge is 0.0548 e. The van der Waals surface area contributed by atoms with E-state index < -0.39 is 0 Å². The van der Waals surface area contributed by atoms with Crippen molar-refractivity contribution in [1.82, 2.24) is 0 Å². The van der Waals surface area contributed by atoms with Crippen molar-refractivity contribution in [2.75, 3.05) is 0 Å². The molecule has 0 N–H and O–H groups in total. The molecule has 42 heavy (non-hydrogen) atoms. The van der Waals surface area contributed by atoms with Gasteiger partial charge in [0, 0.05) is 65.4 Å². The lowest BCUT2D eigenvalue weighted by Gasteiger charge is -2.00. The molecule has 0 aliphatic heterocycles. The lowest BCUT2D eigenvalue weighted by molar-refractivity contribution is 1.81. The van der Waals surface area contributed by atoms with Gasteiger partial charge in [-0.25, -0.2) is 0 Å². The number of rotatable bonds is 3. The molecule has 6 heterocycles. The molecule has 0 saturated carbocycles. The maximum Gasteiger partial charge on any atom is 0.0548 e. The standard InChI is InChI=1S/C36H18S6/c1-3-9-25-21(6-1)33-34(39-25)23-13-12-19(18-31(23)42-33)24-14-16-28(37-24)29-17-15-27(38-29)20-8-5-11-30-32(20)36-35(41-30)22-7-2-4-10-26(22)40-36/h1-18H. The zero-order chi connectivity index (χ0) is 27.4. The van der Waals surface area contributed by atoms with Gasteiger partial charge in [-0.05, 0) is 54.1 Å². The van der Waals surface area contributed by atoms with E-state index in [1.807, 2.05) is 68.0 Å². The lowest BCUT2D eigenvalue weighted by Crippen LogP contribution is -1.72. The molecule has 0 aliphatic rings. The number of benzene rings is 4. The summed E-state index contributed by atoms with van der Waals surface area (Å²) in [4.78, 5) is 5.35. The highest BCUT2D eigenvalue weighted by atomic mass is 32.1. The quantitative estimate of drug-likeness (QED) is 0.180. The molecule has 0 bridgehead atoms. The van der Waals surface area contributed by atoms with E-state index in [0.717, 1.165) is 0 Å². The van der Waals surface area contributed by atoms with E-state index in [1.165, 1.54) is 89.8 Å². The number of hydrogen-bond acceptors (Lipinski definition) is 6. The Morgan fingerprint density at radius 2 is 0.881 bits per heavy atom. The van der Waals surface area contributed by atoms with Gasteiger partial charge in [0.15, 0.2) is 0 Å². The molecule has 10 aromatic rings. The molecule has 0 saturated heterocycles. The zero-order valence-corrected chi connectivity index (χ0v) is 26.7. The van der Waals surface area contributed by atoms with Crippen LogP contribution in [0.25, 0.3) is 89.8 Å². The molecule has 0 atom stereocenters. The molecule has 0 unspecified atom stereocenters. The van der Waals surface area contributed by atoms with E-state index in [9.17, 15) is 0 Å². The summed E-state index contributed by atoms with van der Waals surface area (Å²) in [6.45, 7) is 0. The minimum Gasteiger partial charge on any atom is -0.134 e. The second-order valence-electron chi connectivity index (χ2n) is 10.4. The van der Waals surface area contributed by atoms with Crippen LogP contribution < -0.4 is 0 Å². The van der Waals surface area contributed by atoms with E-state index in [1.54, 1.807) is 0 Å². The van der Waals surface area contributed by atoms with Crippen LogP contribution in [0.4, 0.5) is 0 Å². The molecule has 0 fully saturated rings. The fraction of sp³-hybridized carbons (Fsp3) is 0. The first-order valence-corrected chi connectivity index (χ1v) is 18.6. The van der Waals surface area contributed by atoms with Gasteiger partial charge in [0.2, 0.25) is 0 Å². The van der Waals surface area contributed by atoms with E-state index in [0.29, 0.717) is 0 Å². The fourth-order valence-electron chi connectivity index (χ4n) is 6.05. The van der Waals surface area contributed by atoms with E-state index in [-0.39, 0.29) is 0 Å². The Hall–Kier alpha value is -3.36. The van der Waals surface area contributed by atoms with E-state index >= 15 is 0 Å². The summed E-state index contributed by atoms with van der Waals surface area (Å²) in [5, 5.41) is 5.57. The molecule has 4 aromatic carbocycles. The molecule has 0 nitrogen and oxygen atoms in total. The predicted molar refractivity (Wildman–Crippen MR) is 195 cm³/mol. The first-order chi connectivity index (χ1) is 20.8. The highest BCUT2D eigenvalue weighted by Crippen LogP contribution is 2.50. The van der Waals surface area contributed by atoms with Crippen LogP contribution in [0.15, 0.2) is 109 Å². The van der Waals surface area contributed by atoms with Crippen molar-refractivity contribution in [2.24, 2.45) is 0 Å². The van der Waals surface area contributed by atoms with Crippen LogP contribution in [0.2, 0.25) is 0 Å². The molecule has 0 radical (unpaired) electrons. The zero-order valence-electron chi connectivity index (χ0n) is 21.8. The molecule has 10 rings (SSSR count). The van der Waals surface area contributed by atoms with Crippen molar-refractivity contribution < 1.29 is 0 Å². The molecule has 0 spiro atoms. The topological polar surface area (TPSA) is 0 Å². The monoisotopic (exact) mass is 642 g/mol. The maximum absolute atomic E-state index is 2.39. The van der Waals surface area contributed by atoms with Gasteiger partial charge < -0.3 is 0 Å². The van der Waals surface area contributed by atoms with E-state index in [2.05, 4.69) is 109 Å². The van der Waals surface area contributed by atoms with Gasteiger partial charge in [0.25, 0.3) is 0 Å². The third kappa shape index (κ3) is 3.48. The molecule has 0 aliphatic carbocycles. The number of hydrogen-bond donors (Lipinski definition) is 0. The summed E-state index contributed by atoms with van der Waals surface area (Å²) in [6, 6.07) is 40.7. The van der Waals surface area contributed by atoms with Gasteiger partial charge >= 0.3 is 0 Å². The lowest BCUT2D eigenvalue weighted by atomic mass is 10.1. The molecule has 0 amide bonds. The third-order valence-corrected chi connectivity index (χ3v) is 15.5. The van der Waals surface area contributed by atoms with Crippen molar-refractivity contribution in [2.45, 2.75) is 0 Å². The fourth-order valence-corrected chi connectivity index (χ4v) is 13.6. The summed E-state index contributed by atoms with van der Waals surface area (Å²) in [5.74, 6) is 0. The minimum atomic E-state index is 1.31. The van der Waals surface area contributed by atoms with Crippen LogP contribution in [0.1, 0.15) is 0 Å². The average Bonchev–Trinajstić information content (AvgIpc) is 3.86. The first kappa shape index (κ1) is 24.1. The SMILES string of the molecule is c1ccc2c(c1)sc1c3ccc(-c4ccc(-c5ccc(-c6cccc7sc8c9ccccc9sc8c67)s5)s4)cc3sc21. The normalized spacial score (nSPS) is 12.3. The summed E-state index contributed by atoms with van der Waals surface area (Å²) in [5.41, 5.74) is 2.66. The molecule has 6 heteroatoms. The largest absolute Gasteiger partial charge is 0.134 e. The Morgan fingerprint density at radius 1 is 0.333 bits per heavy atom. The predicted octanol–water partition coefficient (Wildman–Crippen LogP) is 14.0. The Kier molecular flexibility index (Phi) is 5.21. The van der Waals surface area contributed by atoms with Gasteiger partial charge in [-0.2, -0.15) is 0 Å². The van der Waals surface area contributed by atoms with Crippen LogP contribution in [-0.4, -0.2) is 0 Å². The van der Waals surface area contributed by atoms with Gasteiger partial charge in [-0.15, -0.1) is 68.0 Å². The number of fused-ring (bicyclic) bond motifs is 10. The second kappa shape index (κ2) is 9.07. The highest BCUT2D eigenvalue weighted by Gasteiger charge is 2.18. The van der Waals surface area contributed by atoms with Crippen LogP contribution in [-0.2, 0) is 0 Å². The molecular weight excluding hydrogens is 625 g/mol. The average molecular weight is 643 g/mol. The summed E-state index contributed by atoms with van der Waals surface area (Å²) in [7, 11) is 0. The van der Waals surface area contributed by atoms with Gasteiger partial charge in [0.05, 0.1) is 18.8 Å². The minimum absolute atomic E-state index is 1.31. The van der Waals surface area contributed by atoms with Crippen molar-refractivity contribution >= 4 is 127 Å². The summed E-state index contributed by atoms with van der Waals surface area (Å²) < 4.78 is 11.2. The van der Waals surface area contributed by atoms with Crippen molar-refractivity contribution in [3.05, 3.63) is 109 Å². The Morgan fingerprint density at radius 3 is 1.67 bits per heavy atom. The van der Waals surface area contributed by atoms with Crippen LogP contribution in [0.5, 0.6) is 0 Å². The van der Waals surface area contributed by atoms with Gasteiger partial charge in [-0.3, -0.25) is 0 Å². The Labute approximate surface area is 265 Å². The van der Waals surface area contributed by atoms with Gasteiger partial charge in [0.1, 0.15) is 0 Å². The Bertz CT molecular complexity index is 2640. The van der Waals surface area contributed by atoms with Crippen molar-refractivity contribution in [1.29, 1.82) is 0 Å². The van der Waals surface area contributed by atoms with Crippen LogP contribution >= 0.6 is 68.0 Å². The Balaban J connectivity index is 1.04. The van der Waals surface area contributed by atoms with Crippen molar-refractivity contribution in [3.63, 3.8) is 0 Å². The second-order valence-corrected chi connectivity index (χ2v) is 16.8. The van der Waals surface area contributed by atoms with Crippen LogP contribution in [0.3, 0.4) is 0 Å². The highest BCUT2D eigenvalue weighted by molar-refractivity contribution is 7.37. The molecule has 6 aromatic heterocycles. The molecule has 198 valence electrons. The summed E-state index contributed by atoms with van der Waals surface area (Å²) in [6.07, 6.45) is 0. The van der Waals surface area contributed by atoms with Crippen LogP contribution in [0, 0.1) is 0 Å². The van der Waals surface area contributed by atoms with Crippen molar-refractivity contribution in [3.8, 4) is 30.6 Å². The third-order valence-electron chi connectivity index (χ3n) is 8.01. The summed E-state index contributed by atoms with van der Waals surface area (Å²) >= 11 is 11.5. The van der Waals surface area contributed by atoms with Gasteiger partial charge in [-0.1, -0.05) is 60.7 Å². The van der Waals surface area contributed by atoms with E-state index in [4.69, 9.17) is 0 Å². The maximum atomic E-state index is 2.39. The first-order valence-electron chi connectivity index (χ1n) is 13.7. The molecular formula is C36H18S6. The number of thiophene rings is 6.